The molecule has 0 spiro atoms. The van der Waals surface area contributed by atoms with Crippen molar-refractivity contribution in [3.63, 3.8) is 0 Å². The van der Waals surface area contributed by atoms with E-state index < -0.39 is 0 Å². The topological polar surface area (TPSA) is 0 Å². The van der Waals surface area contributed by atoms with Gasteiger partial charge in [0.05, 0.1) is 0 Å². The molecule has 0 aromatic heterocycles. The van der Waals surface area contributed by atoms with Crippen LogP contribution in [0.25, 0.3) is 0 Å². The van der Waals surface area contributed by atoms with Crippen LogP contribution in [-0.4, -0.2) is 15.1 Å². The highest BCUT2D eigenvalue weighted by atomic mass is 14.2. The van der Waals surface area contributed by atoms with Crippen LogP contribution in [0.1, 0.15) is 60.3 Å². The predicted octanol–water partition coefficient (Wildman–Crippen LogP) is 4.50. The molecule has 0 aromatic carbocycles. The predicted molar refractivity (Wildman–Crippen MR) is 70.7 cm³/mol. The van der Waals surface area contributed by atoms with E-state index in [-0.39, 0.29) is 8.41 Å². The van der Waals surface area contributed by atoms with E-state index in [1.54, 1.807) is 0 Å². The first-order valence-electron chi connectivity index (χ1n) is 6.20. The summed E-state index contributed by atoms with van der Waals surface area (Å²) in [5.41, 5.74) is 0. The molecule has 0 aromatic rings. The molecule has 0 heterocycles. The van der Waals surface area contributed by atoms with E-state index in [1.165, 1.54) is 38.3 Å². The number of rotatable bonds is 7. The van der Waals surface area contributed by atoms with Crippen LogP contribution < -0.4 is 0 Å². The summed E-state index contributed by atoms with van der Waals surface area (Å²) in [5, 5.41) is 0.651. The highest BCUT2D eigenvalue weighted by molar-refractivity contribution is 6.62. The molecule has 81 valence electrons. The van der Waals surface area contributed by atoms with Crippen LogP contribution in [0.4, 0.5) is 0 Å². The molecule has 0 bridgehead atoms. The molecule has 2 heteroatoms. The molecular formula is C12H27B2. The molecule has 0 aliphatic rings. The lowest BCUT2D eigenvalue weighted by Crippen LogP contribution is -2.30. The third-order valence-electron chi connectivity index (χ3n) is 4.01. The van der Waals surface area contributed by atoms with Crippen LogP contribution in [0.3, 0.4) is 0 Å². The Morgan fingerprint density at radius 1 is 0.857 bits per heavy atom. The summed E-state index contributed by atoms with van der Waals surface area (Å²) in [6.45, 7) is 12.7. The summed E-state index contributed by atoms with van der Waals surface area (Å²) in [6.07, 6.45) is 8.22. The van der Waals surface area contributed by atoms with Crippen LogP contribution in [0.15, 0.2) is 0 Å². The summed E-state index contributed by atoms with van der Waals surface area (Å²) in [6, 6.07) is 0. The van der Waals surface area contributed by atoms with Crippen molar-refractivity contribution in [3.8, 4) is 0 Å². The lowest BCUT2D eigenvalue weighted by molar-refractivity contribution is 0.458. The van der Waals surface area contributed by atoms with Gasteiger partial charge in [0, 0.05) is 8.41 Å². The first-order valence-corrected chi connectivity index (χ1v) is 6.20. The van der Waals surface area contributed by atoms with E-state index in [4.69, 9.17) is 0 Å². The van der Waals surface area contributed by atoms with Crippen LogP contribution in [0.2, 0.25) is 18.0 Å². The van der Waals surface area contributed by atoms with E-state index in [9.17, 15) is 0 Å². The van der Waals surface area contributed by atoms with E-state index in [0.29, 0.717) is 5.31 Å². The fraction of sp³-hybridized carbons (Fsp3) is 1.00. The second kappa shape index (κ2) is 8.44. The highest BCUT2D eigenvalue weighted by Gasteiger charge is 2.34. The molecule has 0 N–H and O–H groups in total. The quantitative estimate of drug-likeness (QED) is 0.522. The molecule has 0 unspecified atom stereocenters. The third kappa shape index (κ3) is 3.71. The van der Waals surface area contributed by atoms with Gasteiger partial charge in [-0.15, -0.1) is 0 Å². The van der Waals surface area contributed by atoms with Crippen molar-refractivity contribution in [2.45, 2.75) is 78.3 Å². The van der Waals surface area contributed by atoms with Crippen LogP contribution in [0, 0.1) is 0 Å². The third-order valence-corrected chi connectivity index (χ3v) is 4.01. The van der Waals surface area contributed by atoms with Crippen molar-refractivity contribution < 1.29 is 0 Å². The first kappa shape index (κ1) is 16.6. The fourth-order valence-corrected chi connectivity index (χ4v) is 3.04. The molecular weight excluding hydrogens is 166 g/mol. The van der Waals surface area contributed by atoms with Crippen molar-refractivity contribution in [3.05, 3.63) is 0 Å². The average molecular weight is 193 g/mol. The SMILES string of the molecule is CCCC(CC)(CC)B(CC)CC.[B]. The summed E-state index contributed by atoms with van der Waals surface area (Å²) in [4.78, 5) is 0. The first-order chi connectivity index (χ1) is 6.20. The smallest absolute Gasteiger partial charge is 0.0766 e. The Labute approximate surface area is 93.9 Å². The Kier molecular flexibility index (Phi) is 9.98. The molecule has 14 heavy (non-hydrogen) atoms. The molecule has 0 amide bonds. The summed E-state index contributed by atoms with van der Waals surface area (Å²) >= 11 is 0. The largest absolute Gasteiger partial charge is 0.146 e. The maximum atomic E-state index is 2.37. The molecule has 0 aliphatic carbocycles. The fourth-order valence-electron chi connectivity index (χ4n) is 3.04. The van der Waals surface area contributed by atoms with Gasteiger partial charge in [-0.2, -0.15) is 0 Å². The van der Waals surface area contributed by atoms with Crippen LogP contribution in [0.5, 0.6) is 0 Å². The molecule has 3 radical (unpaired) electrons. The monoisotopic (exact) mass is 193 g/mol. The molecule has 0 atom stereocenters. The van der Waals surface area contributed by atoms with E-state index in [0.717, 1.165) is 6.71 Å². The second-order valence-electron chi connectivity index (χ2n) is 4.33. The number of hydrogen-bond acceptors (Lipinski definition) is 0. The lowest BCUT2D eigenvalue weighted by atomic mass is 9.28. The van der Waals surface area contributed by atoms with Gasteiger partial charge in [0.25, 0.3) is 0 Å². The Hall–Kier alpha value is 0.130. The Bertz CT molecular complexity index is 115. The number of hydrogen-bond donors (Lipinski definition) is 0. The average Bonchev–Trinajstić information content (AvgIpc) is 2.18. The van der Waals surface area contributed by atoms with Gasteiger partial charge in [0.15, 0.2) is 0 Å². The minimum atomic E-state index is 0. The summed E-state index contributed by atoms with van der Waals surface area (Å²) < 4.78 is 0. The standard InChI is InChI=1S/C12H27B.B/c1-6-11-12(7-2,8-3)13(9-4)10-5;/h6-11H2,1-5H3;. The molecule has 0 aliphatic heterocycles. The zero-order valence-electron chi connectivity index (χ0n) is 10.9. The van der Waals surface area contributed by atoms with E-state index >= 15 is 0 Å². The van der Waals surface area contributed by atoms with Crippen molar-refractivity contribution in [1.29, 1.82) is 0 Å². The minimum Gasteiger partial charge on any atom is -0.0766 e. The van der Waals surface area contributed by atoms with Crippen molar-refractivity contribution in [1.82, 2.24) is 0 Å². The molecule has 0 saturated heterocycles. The van der Waals surface area contributed by atoms with Crippen LogP contribution in [-0.2, 0) is 0 Å². The van der Waals surface area contributed by atoms with E-state index in [1.807, 2.05) is 0 Å². The maximum absolute atomic E-state index is 2.37. The Morgan fingerprint density at radius 3 is 1.50 bits per heavy atom. The summed E-state index contributed by atoms with van der Waals surface area (Å²) in [7, 11) is 0. The Balaban J connectivity index is 0. The zero-order valence-corrected chi connectivity index (χ0v) is 10.9. The van der Waals surface area contributed by atoms with Gasteiger partial charge in [-0.3, -0.25) is 0 Å². The van der Waals surface area contributed by atoms with Crippen molar-refractivity contribution in [2.24, 2.45) is 0 Å². The summed E-state index contributed by atoms with van der Waals surface area (Å²) in [5.74, 6) is 0. The van der Waals surface area contributed by atoms with Gasteiger partial charge < -0.3 is 0 Å². The molecule has 0 saturated carbocycles. The maximum Gasteiger partial charge on any atom is 0.146 e. The van der Waals surface area contributed by atoms with Crippen molar-refractivity contribution >= 4 is 15.1 Å². The minimum absolute atomic E-state index is 0. The van der Waals surface area contributed by atoms with Gasteiger partial charge in [-0.25, -0.2) is 0 Å². The van der Waals surface area contributed by atoms with Gasteiger partial charge in [-0.05, 0) is 0 Å². The molecule has 0 nitrogen and oxygen atoms in total. The van der Waals surface area contributed by atoms with Crippen LogP contribution >= 0.6 is 0 Å². The Morgan fingerprint density at radius 2 is 1.29 bits per heavy atom. The molecule has 0 rings (SSSR count). The second-order valence-corrected chi connectivity index (χ2v) is 4.33. The normalized spacial score (nSPS) is 10.9. The van der Waals surface area contributed by atoms with Gasteiger partial charge in [-0.1, -0.05) is 78.3 Å². The lowest BCUT2D eigenvalue weighted by Gasteiger charge is -2.37. The van der Waals surface area contributed by atoms with Gasteiger partial charge >= 0.3 is 0 Å². The zero-order chi connectivity index (χ0) is 10.3. The molecule has 0 fully saturated rings. The van der Waals surface area contributed by atoms with Crippen molar-refractivity contribution in [2.75, 3.05) is 0 Å². The highest BCUT2D eigenvalue weighted by Crippen LogP contribution is 2.45. The van der Waals surface area contributed by atoms with Gasteiger partial charge in [0.2, 0.25) is 0 Å². The van der Waals surface area contributed by atoms with E-state index in [2.05, 4.69) is 34.6 Å². The van der Waals surface area contributed by atoms with Gasteiger partial charge in [0.1, 0.15) is 6.71 Å².